The molecule has 102 valence electrons. The molecule has 2 heterocycles. The Balaban J connectivity index is 1.63. The van der Waals surface area contributed by atoms with E-state index >= 15 is 0 Å². The molecule has 20 heavy (non-hydrogen) atoms. The van der Waals surface area contributed by atoms with E-state index in [0.29, 0.717) is 6.04 Å². The highest BCUT2D eigenvalue weighted by molar-refractivity contribution is 7.10. The summed E-state index contributed by atoms with van der Waals surface area (Å²) in [4.78, 5) is 2.78. The Morgan fingerprint density at radius 3 is 2.60 bits per heavy atom. The molecule has 0 bridgehead atoms. The van der Waals surface area contributed by atoms with Gasteiger partial charge in [0.05, 0.1) is 0 Å². The molecule has 1 N–H and O–H groups in total. The van der Waals surface area contributed by atoms with E-state index in [-0.39, 0.29) is 0 Å². The monoisotopic (exact) mass is 299 g/mol. The van der Waals surface area contributed by atoms with Gasteiger partial charge in [-0.25, -0.2) is 0 Å². The minimum absolute atomic E-state index is 0.414. The van der Waals surface area contributed by atoms with Crippen LogP contribution in [0.4, 0.5) is 0 Å². The van der Waals surface area contributed by atoms with Gasteiger partial charge in [0.2, 0.25) is 0 Å². The molecule has 0 amide bonds. The first-order valence-electron chi connectivity index (χ1n) is 6.72. The molecule has 3 aromatic rings. The summed E-state index contributed by atoms with van der Waals surface area (Å²) < 4.78 is 0. The van der Waals surface area contributed by atoms with E-state index in [2.05, 4.69) is 71.5 Å². The van der Waals surface area contributed by atoms with Crippen molar-refractivity contribution in [2.45, 2.75) is 19.5 Å². The van der Waals surface area contributed by atoms with Gasteiger partial charge in [-0.3, -0.25) is 0 Å². The third kappa shape index (κ3) is 3.18. The zero-order valence-corrected chi connectivity index (χ0v) is 13.0. The Morgan fingerprint density at radius 1 is 1.00 bits per heavy atom. The van der Waals surface area contributed by atoms with Crippen molar-refractivity contribution in [2.24, 2.45) is 0 Å². The molecule has 2 aromatic heterocycles. The number of hydrogen-bond acceptors (Lipinski definition) is 3. The maximum Gasteiger partial charge on any atom is 0.0389 e. The summed E-state index contributed by atoms with van der Waals surface area (Å²) in [7, 11) is 0. The van der Waals surface area contributed by atoms with Crippen LogP contribution < -0.4 is 5.32 Å². The second-order valence-corrected chi connectivity index (χ2v) is 6.76. The van der Waals surface area contributed by atoms with Crippen LogP contribution >= 0.6 is 22.7 Å². The smallest absolute Gasteiger partial charge is 0.0389 e. The maximum atomic E-state index is 3.59. The second kappa shape index (κ2) is 6.35. The molecule has 0 unspecified atom stereocenters. The van der Waals surface area contributed by atoms with Gasteiger partial charge in [-0.2, -0.15) is 0 Å². The van der Waals surface area contributed by atoms with Crippen LogP contribution in [0, 0.1) is 0 Å². The Bertz CT molecular complexity index is 641. The van der Waals surface area contributed by atoms with Gasteiger partial charge in [0.1, 0.15) is 0 Å². The van der Waals surface area contributed by atoms with Gasteiger partial charge < -0.3 is 5.32 Å². The fourth-order valence-corrected chi connectivity index (χ4v) is 3.75. The molecular weight excluding hydrogens is 282 g/mol. The highest BCUT2D eigenvalue weighted by Crippen LogP contribution is 2.26. The molecule has 0 aliphatic rings. The molecule has 0 radical (unpaired) electrons. The van der Waals surface area contributed by atoms with E-state index in [9.17, 15) is 0 Å². The van der Waals surface area contributed by atoms with Gasteiger partial charge in [0.15, 0.2) is 0 Å². The number of hydrogen-bond donors (Lipinski definition) is 1. The molecule has 0 fully saturated rings. The van der Waals surface area contributed by atoms with Crippen molar-refractivity contribution in [2.75, 3.05) is 0 Å². The summed E-state index contributed by atoms with van der Waals surface area (Å²) in [6.07, 6.45) is 0. The van der Waals surface area contributed by atoms with Crippen LogP contribution in [-0.4, -0.2) is 0 Å². The van der Waals surface area contributed by atoms with E-state index < -0.39 is 0 Å². The van der Waals surface area contributed by atoms with Crippen molar-refractivity contribution < 1.29 is 0 Å². The van der Waals surface area contributed by atoms with Gasteiger partial charge in [-0.1, -0.05) is 36.4 Å². The van der Waals surface area contributed by atoms with Gasteiger partial charge in [0.25, 0.3) is 0 Å². The van der Waals surface area contributed by atoms with Crippen molar-refractivity contribution in [1.29, 1.82) is 0 Å². The van der Waals surface area contributed by atoms with Crippen LogP contribution in [0.25, 0.3) is 11.1 Å². The fraction of sp³-hybridized carbons (Fsp3) is 0.176. The lowest BCUT2D eigenvalue weighted by Crippen LogP contribution is -2.16. The first-order valence-corrected chi connectivity index (χ1v) is 8.48. The van der Waals surface area contributed by atoms with Crippen LogP contribution in [0.2, 0.25) is 0 Å². The molecule has 0 saturated carbocycles. The standard InChI is InChI=1S/C17H17NS2/c1-13(17-8-5-9-19-17)18-11-16-10-15(12-20-16)14-6-3-2-4-7-14/h2-10,12-13,18H,11H2,1H3/t13-/m1/s1. The van der Waals surface area contributed by atoms with Crippen molar-refractivity contribution in [3.63, 3.8) is 0 Å². The zero-order chi connectivity index (χ0) is 13.8. The van der Waals surface area contributed by atoms with Crippen LogP contribution in [0.1, 0.15) is 22.7 Å². The molecule has 0 saturated heterocycles. The molecule has 0 aliphatic heterocycles. The van der Waals surface area contributed by atoms with Crippen LogP contribution in [0.5, 0.6) is 0 Å². The molecule has 1 atom stereocenters. The SMILES string of the molecule is C[C@@H](NCc1cc(-c2ccccc2)cs1)c1cccs1. The summed E-state index contributed by atoms with van der Waals surface area (Å²) in [5.74, 6) is 0. The third-order valence-corrected chi connectivity index (χ3v) is 5.31. The minimum atomic E-state index is 0.414. The van der Waals surface area contributed by atoms with E-state index in [4.69, 9.17) is 0 Å². The molecular formula is C17H17NS2. The third-order valence-electron chi connectivity index (χ3n) is 3.31. The Hall–Kier alpha value is -1.42. The largest absolute Gasteiger partial charge is 0.305 e. The number of benzene rings is 1. The average Bonchev–Trinajstić information content (AvgIpc) is 3.17. The van der Waals surface area contributed by atoms with Crippen LogP contribution in [-0.2, 0) is 6.54 Å². The number of rotatable bonds is 5. The van der Waals surface area contributed by atoms with Crippen LogP contribution in [0.3, 0.4) is 0 Å². The molecule has 1 aromatic carbocycles. The highest BCUT2D eigenvalue weighted by Gasteiger charge is 2.07. The normalized spacial score (nSPS) is 12.4. The maximum absolute atomic E-state index is 3.59. The molecule has 3 rings (SSSR count). The van der Waals surface area contributed by atoms with Gasteiger partial charge in [-0.05, 0) is 40.9 Å². The lowest BCUT2D eigenvalue weighted by Gasteiger charge is -2.10. The van der Waals surface area contributed by atoms with Gasteiger partial charge in [-0.15, -0.1) is 22.7 Å². The van der Waals surface area contributed by atoms with Crippen molar-refractivity contribution >= 4 is 22.7 Å². The van der Waals surface area contributed by atoms with E-state index in [0.717, 1.165) is 6.54 Å². The highest BCUT2D eigenvalue weighted by atomic mass is 32.1. The topological polar surface area (TPSA) is 12.0 Å². The van der Waals surface area contributed by atoms with E-state index in [1.165, 1.54) is 20.9 Å². The zero-order valence-electron chi connectivity index (χ0n) is 11.4. The lowest BCUT2D eigenvalue weighted by molar-refractivity contribution is 0.587. The summed E-state index contributed by atoms with van der Waals surface area (Å²) in [6, 6.07) is 17.5. The van der Waals surface area contributed by atoms with E-state index in [1.807, 2.05) is 22.7 Å². The fourth-order valence-electron chi connectivity index (χ4n) is 2.15. The second-order valence-electron chi connectivity index (χ2n) is 4.79. The Morgan fingerprint density at radius 2 is 1.85 bits per heavy atom. The first-order chi connectivity index (χ1) is 9.83. The number of thiophene rings is 2. The van der Waals surface area contributed by atoms with Crippen molar-refractivity contribution in [3.05, 3.63) is 69.0 Å². The molecule has 1 nitrogen and oxygen atoms in total. The van der Waals surface area contributed by atoms with E-state index in [1.54, 1.807) is 0 Å². The Kier molecular flexibility index (Phi) is 4.31. The van der Waals surface area contributed by atoms with Gasteiger partial charge >= 0.3 is 0 Å². The predicted molar refractivity (Wildman–Crippen MR) is 89.3 cm³/mol. The average molecular weight is 299 g/mol. The van der Waals surface area contributed by atoms with Crippen molar-refractivity contribution in [1.82, 2.24) is 5.32 Å². The van der Waals surface area contributed by atoms with Crippen LogP contribution in [0.15, 0.2) is 59.3 Å². The quantitative estimate of drug-likeness (QED) is 0.671. The summed E-state index contributed by atoms with van der Waals surface area (Å²) in [5.41, 5.74) is 2.61. The molecule has 3 heteroatoms. The summed E-state index contributed by atoms with van der Waals surface area (Å²) in [6.45, 7) is 3.15. The molecule has 0 aliphatic carbocycles. The summed E-state index contributed by atoms with van der Waals surface area (Å²) in [5, 5.41) is 7.96. The predicted octanol–water partition coefficient (Wildman–Crippen LogP) is 5.33. The summed E-state index contributed by atoms with van der Waals surface area (Å²) >= 11 is 3.63. The lowest BCUT2D eigenvalue weighted by atomic mass is 10.1. The number of nitrogens with one attached hydrogen (secondary N) is 1. The van der Waals surface area contributed by atoms with Gasteiger partial charge in [0, 0.05) is 22.3 Å². The Labute approximate surface area is 127 Å². The molecule has 0 spiro atoms. The minimum Gasteiger partial charge on any atom is -0.305 e. The first kappa shape index (κ1) is 13.6. The van der Waals surface area contributed by atoms with Crippen molar-refractivity contribution in [3.8, 4) is 11.1 Å².